The largest absolute Gasteiger partial charge is 0.383 e. The number of primary amides is 1. The van der Waals surface area contributed by atoms with Crippen molar-refractivity contribution in [3.63, 3.8) is 0 Å². The van der Waals surface area contributed by atoms with Crippen LogP contribution in [0.15, 0.2) is 14.1 Å². The first-order valence-corrected chi connectivity index (χ1v) is 6.22. The van der Waals surface area contributed by atoms with Gasteiger partial charge in [-0.05, 0) is 6.92 Å². The first-order chi connectivity index (χ1) is 10.3. The maximum atomic E-state index is 12.4. The maximum Gasteiger partial charge on any atom is 0.332 e. The molecule has 0 aromatic carbocycles. The quantitative estimate of drug-likeness (QED) is 0.558. The molecule has 11 heteroatoms. The molecule has 2 aromatic heterocycles. The third-order valence-corrected chi connectivity index (χ3v) is 2.90. The van der Waals surface area contributed by atoms with Gasteiger partial charge in [-0.1, -0.05) is 5.16 Å². The zero-order valence-corrected chi connectivity index (χ0v) is 12.0. The molecule has 0 saturated heterocycles. The fourth-order valence-corrected chi connectivity index (χ4v) is 1.80. The van der Waals surface area contributed by atoms with Crippen molar-refractivity contribution in [3.8, 4) is 0 Å². The summed E-state index contributed by atoms with van der Waals surface area (Å²) in [5.41, 5.74) is 9.28. The van der Waals surface area contributed by atoms with Crippen LogP contribution in [0.25, 0.3) is 0 Å². The highest BCUT2D eigenvalue weighted by Gasteiger charge is 2.17. The molecule has 11 nitrogen and oxygen atoms in total. The van der Waals surface area contributed by atoms with E-state index in [1.807, 2.05) is 0 Å². The molecule has 2 rings (SSSR count). The molecule has 1 amide bonds. The van der Waals surface area contributed by atoms with Crippen molar-refractivity contribution < 1.29 is 9.32 Å². The molecule has 0 bridgehead atoms. The molecule has 22 heavy (non-hydrogen) atoms. The monoisotopic (exact) mass is 309 g/mol. The Morgan fingerprint density at radius 2 is 2.09 bits per heavy atom. The van der Waals surface area contributed by atoms with E-state index in [1.165, 1.54) is 7.05 Å². The van der Waals surface area contributed by atoms with Gasteiger partial charge in [0.2, 0.25) is 11.8 Å². The molecule has 2 heterocycles. The zero-order chi connectivity index (χ0) is 16.4. The molecule has 0 aliphatic rings. The molecular weight excluding hydrogens is 294 g/mol. The molecule has 0 aliphatic carbocycles. The lowest BCUT2D eigenvalue weighted by Gasteiger charge is -2.13. The third-order valence-electron chi connectivity index (χ3n) is 2.90. The first kappa shape index (κ1) is 15.3. The minimum absolute atomic E-state index is 0.0994. The van der Waals surface area contributed by atoms with Gasteiger partial charge in [-0.25, -0.2) is 9.36 Å². The number of hydrogen-bond donors (Lipinski definition) is 3. The number of aryl methyl sites for hydroxylation is 1. The Bertz CT molecular complexity index is 832. The van der Waals surface area contributed by atoms with Gasteiger partial charge in [-0.2, -0.15) is 4.98 Å². The Labute approximate surface area is 123 Å². The molecule has 118 valence electrons. The number of rotatable bonds is 5. The van der Waals surface area contributed by atoms with Gasteiger partial charge in [0.25, 0.3) is 5.56 Å². The predicted octanol–water partition coefficient (Wildman–Crippen LogP) is -2.23. The van der Waals surface area contributed by atoms with E-state index in [0.717, 1.165) is 9.13 Å². The van der Waals surface area contributed by atoms with Crippen molar-refractivity contribution in [2.24, 2.45) is 12.8 Å². The van der Waals surface area contributed by atoms with E-state index in [4.69, 9.17) is 16.0 Å². The number of carbonyl (C=O) groups excluding carboxylic acids is 1. The molecule has 0 unspecified atom stereocenters. The molecule has 0 spiro atoms. The minimum atomic E-state index is -0.710. The second kappa shape index (κ2) is 5.71. The molecule has 0 fully saturated rings. The summed E-state index contributed by atoms with van der Waals surface area (Å²) < 4.78 is 6.82. The normalized spacial score (nSPS) is 10.6. The van der Waals surface area contributed by atoms with Crippen molar-refractivity contribution >= 4 is 17.4 Å². The van der Waals surface area contributed by atoms with E-state index < -0.39 is 17.2 Å². The van der Waals surface area contributed by atoms with E-state index in [1.54, 1.807) is 6.92 Å². The second-order valence-electron chi connectivity index (χ2n) is 4.55. The summed E-state index contributed by atoms with van der Waals surface area (Å²) >= 11 is 0. The van der Waals surface area contributed by atoms with E-state index in [9.17, 15) is 14.4 Å². The van der Waals surface area contributed by atoms with Gasteiger partial charge in [0.1, 0.15) is 18.1 Å². The van der Waals surface area contributed by atoms with Gasteiger partial charge < -0.3 is 21.3 Å². The van der Waals surface area contributed by atoms with E-state index in [0.29, 0.717) is 5.82 Å². The van der Waals surface area contributed by atoms with Crippen LogP contribution in [0.5, 0.6) is 0 Å². The topological polar surface area (TPSA) is 164 Å². The Kier molecular flexibility index (Phi) is 3.97. The summed E-state index contributed by atoms with van der Waals surface area (Å²) in [6.45, 7) is 1.10. The van der Waals surface area contributed by atoms with Crippen molar-refractivity contribution in [2.75, 3.05) is 17.6 Å². The van der Waals surface area contributed by atoms with Gasteiger partial charge >= 0.3 is 5.69 Å². The highest BCUT2D eigenvalue weighted by atomic mass is 16.5. The number of nitrogen functional groups attached to an aromatic ring is 1. The Hall–Kier alpha value is -3.11. The highest BCUT2D eigenvalue weighted by molar-refractivity contribution is 5.79. The summed E-state index contributed by atoms with van der Waals surface area (Å²) in [7, 11) is 1.39. The lowest BCUT2D eigenvalue weighted by atomic mass is 10.4. The van der Waals surface area contributed by atoms with Crippen molar-refractivity contribution in [3.05, 3.63) is 32.6 Å². The van der Waals surface area contributed by atoms with E-state index in [-0.39, 0.29) is 30.5 Å². The maximum absolute atomic E-state index is 12.4. The number of nitrogens with zero attached hydrogens (tertiary/aromatic N) is 4. The Morgan fingerprint density at radius 3 is 2.64 bits per heavy atom. The average Bonchev–Trinajstić information content (AvgIpc) is 2.86. The summed E-state index contributed by atoms with van der Waals surface area (Å²) in [6, 6.07) is 0. The van der Waals surface area contributed by atoms with Crippen LogP contribution in [-0.2, 0) is 18.4 Å². The Morgan fingerprint density at radius 1 is 1.41 bits per heavy atom. The lowest BCUT2D eigenvalue weighted by molar-refractivity contribution is -0.116. The first-order valence-electron chi connectivity index (χ1n) is 6.22. The fraction of sp³-hybridized carbons (Fsp3) is 0.364. The van der Waals surface area contributed by atoms with E-state index >= 15 is 0 Å². The standard InChI is InChI=1S/C11H15N7O4/c1-5-15-7(22-16-5)4-18-10(20)8(14-3-6(12)19)9(13)17(2)11(18)21/h14H,3-4,13H2,1-2H3,(H2,12,19). The summed E-state index contributed by atoms with van der Waals surface area (Å²) in [4.78, 5) is 39.3. The molecular formula is C11H15N7O4. The van der Waals surface area contributed by atoms with Gasteiger partial charge in [-0.15, -0.1) is 0 Å². The van der Waals surface area contributed by atoms with Crippen LogP contribution in [-0.4, -0.2) is 31.7 Å². The van der Waals surface area contributed by atoms with Crippen LogP contribution in [0.3, 0.4) is 0 Å². The summed E-state index contributed by atoms with van der Waals surface area (Å²) in [5, 5.41) is 6.10. The number of aromatic nitrogens is 4. The van der Waals surface area contributed by atoms with Crippen LogP contribution < -0.4 is 28.0 Å². The van der Waals surface area contributed by atoms with Crippen LogP contribution in [0, 0.1) is 6.92 Å². The number of hydrogen-bond acceptors (Lipinski definition) is 8. The smallest absolute Gasteiger partial charge is 0.332 e. The second-order valence-corrected chi connectivity index (χ2v) is 4.55. The number of anilines is 2. The van der Waals surface area contributed by atoms with Crippen LogP contribution in [0.4, 0.5) is 11.5 Å². The Balaban J connectivity index is 2.51. The van der Waals surface area contributed by atoms with Crippen molar-refractivity contribution in [1.82, 2.24) is 19.3 Å². The molecule has 2 aromatic rings. The molecule has 0 radical (unpaired) electrons. The van der Waals surface area contributed by atoms with Crippen LogP contribution in [0.1, 0.15) is 11.7 Å². The summed E-state index contributed by atoms with van der Waals surface area (Å²) in [5.74, 6) is -0.300. The lowest BCUT2D eigenvalue weighted by Crippen LogP contribution is -2.42. The fourth-order valence-electron chi connectivity index (χ4n) is 1.80. The van der Waals surface area contributed by atoms with Crippen LogP contribution in [0.2, 0.25) is 0 Å². The zero-order valence-electron chi connectivity index (χ0n) is 12.0. The number of carbonyl (C=O) groups is 1. The number of nitrogens with two attached hydrogens (primary N) is 2. The molecule has 5 N–H and O–H groups in total. The van der Waals surface area contributed by atoms with Gasteiger partial charge in [-0.3, -0.25) is 14.2 Å². The highest BCUT2D eigenvalue weighted by Crippen LogP contribution is 2.09. The number of amides is 1. The van der Waals surface area contributed by atoms with Gasteiger partial charge in [0.15, 0.2) is 5.82 Å². The predicted molar refractivity (Wildman–Crippen MR) is 76.2 cm³/mol. The van der Waals surface area contributed by atoms with Crippen molar-refractivity contribution in [2.45, 2.75) is 13.5 Å². The van der Waals surface area contributed by atoms with Crippen LogP contribution >= 0.6 is 0 Å². The SMILES string of the molecule is Cc1noc(Cn2c(=O)c(NCC(N)=O)c(N)n(C)c2=O)n1. The minimum Gasteiger partial charge on any atom is -0.383 e. The van der Waals surface area contributed by atoms with E-state index in [2.05, 4.69) is 15.5 Å². The average molecular weight is 309 g/mol. The molecule has 0 saturated carbocycles. The number of nitrogens with one attached hydrogen (secondary N) is 1. The molecule has 0 atom stereocenters. The van der Waals surface area contributed by atoms with Gasteiger partial charge in [0, 0.05) is 7.05 Å². The summed E-state index contributed by atoms with van der Waals surface area (Å²) in [6.07, 6.45) is 0. The van der Waals surface area contributed by atoms with Crippen molar-refractivity contribution in [1.29, 1.82) is 0 Å². The molecule has 0 aliphatic heterocycles. The van der Waals surface area contributed by atoms with Gasteiger partial charge in [0.05, 0.1) is 6.54 Å². The third kappa shape index (κ3) is 2.82.